The van der Waals surface area contributed by atoms with Crippen molar-refractivity contribution in [3.05, 3.63) is 48.6 Å². The summed E-state index contributed by atoms with van der Waals surface area (Å²) in [6.07, 6.45) is 44.1. The van der Waals surface area contributed by atoms with Crippen molar-refractivity contribution in [2.45, 2.75) is 180 Å². The number of hydrogen-bond donors (Lipinski definition) is 1. The molecule has 1 atom stereocenters. The van der Waals surface area contributed by atoms with Crippen LogP contribution in [-0.2, 0) is 14.3 Å². The van der Waals surface area contributed by atoms with Gasteiger partial charge in [-0.2, -0.15) is 0 Å². The second-order valence-electron chi connectivity index (χ2n) is 11.7. The molecule has 0 aromatic rings. The summed E-state index contributed by atoms with van der Waals surface area (Å²) in [5.41, 5.74) is 0. The smallest absolute Gasteiger partial charge is 0.306 e. The maximum atomic E-state index is 12.6. The number of hydrogen-bond acceptors (Lipinski definition) is 3. The molecule has 0 aliphatic rings. The molecule has 0 heterocycles. The lowest BCUT2D eigenvalue weighted by Crippen LogP contribution is -2.18. The lowest BCUT2D eigenvalue weighted by Gasteiger charge is -2.18. The van der Waals surface area contributed by atoms with Crippen LogP contribution in [-0.4, -0.2) is 23.1 Å². The summed E-state index contributed by atoms with van der Waals surface area (Å²) >= 11 is 0. The van der Waals surface area contributed by atoms with Crippen LogP contribution in [0.3, 0.4) is 0 Å². The number of carbonyl (C=O) groups is 2. The molecule has 242 valence electrons. The number of unbranched alkanes of at least 4 members (excludes halogenated alkanes) is 14. The van der Waals surface area contributed by atoms with Crippen molar-refractivity contribution in [1.82, 2.24) is 0 Å². The zero-order valence-electron chi connectivity index (χ0n) is 27.5. The first kappa shape index (κ1) is 39.9. The minimum Gasteiger partial charge on any atom is -0.481 e. The van der Waals surface area contributed by atoms with Crippen LogP contribution < -0.4 is 0 Å². The SMILES string of the molecule is CC/C=C\C/C=C\C/C=C\C/C=C\CCCCC(=O)OC(CCCCCCCCC)CCCCCCCCCC(=O)O. The first-order valence-electron chi connectivity index (χ1n) is 17.6. The number of esters is 1. The molecule has 0 fully saturated rings. The third kappa shape index (κ3) is 32.4. The molecule has 0 rings (SSSR count). The number of rotatable bonds is 31. The Morgan fingerprint density at radius 1 is 0.548 bits per heavy atom. The summed E-state index contributed by atoms with van der Waals surface area (Å²) in [5.74, 6) is -0.714. The van der Waals surface area contributed by atoms with E-state index in [0.29, 0.717) is 6.42 Å². The minimum atomic E-state index is -0.692. The third-order valence-corrected chi connectivity index (χ3v) is 7.57. The summed E-state index contributed by atoms with van der Waals surface area (Å²) in [6.45, 7) is 4.41. The summed E-state index contributed by atoms with van der Waals surface area (Å²) < 4.78 is 5.97. The van der Waals surface area contributed by atoms with Crippen molar-refractivity contribution >= 4 is 11.9 Å². The standard InChI is InChI=1S/C38H66O4/c1-3-5-7-9-11-12-13-14-15-16-17-18-23-27-31-35-38(41)42-36(32-28-24-20-10-8-6-4-2)33-29-25-21-19-22-26-30-34-37(39)40/h5,7,11-12,14-15,17-18,36H,3-4,6,8-10,13,16,19-35H2,1-2H3,(H,39,40)/b7-5-,12-11-,15-14-,18-17-. The fourth-order valence-electron chi connectivity index (χ4n) is 5.00. The molecule has 0 aliphatic carbocycles. The van der Waals surface area contributed by atoms with Gasteiger partial charge in [-0.3, -0.25) is 9.59 Å². The fraction of sp³-hybridized carbons (Fsp3) is 0.737. The van der Waals surface area contributed by atoms with Gasteiger partial charge in [0, 0.05) is 12.8 Å². The number of carboxylic acid groups (broad SMARTS) is 1. The van der Waals surface area contributed by atoms with E-state index in [0.717, 1.165) is 89.9 Å². The molecule has 1 N–H and O–H groups in total. The van der Waals surface area contributed by atoms with Gasteiger partial charge in [0.05, 0.1) is 0 Å². The molecule has 0 aliphatic heterocycles. The molecule has 4 nitrogen and oxygen atoms in total. The largest absolute Gasteiger partial charge is 0.481 e. The topological polar surface area (TPSA) is 63.6 Å². The summed E-state index contributed by atoms with van der Waals surface area (Å²) in [7, 11) is 0. The average molecular weight is 587 g/mol. The number of aliphatic carboxylic acids is 1. The van der Waals surface area contributed by atoms with E-state index in [2.05, 4.69) is 62.5 Å². The lowest BCUT2D eigenvalue weighted by atomic mass is 10.0. The van der Waals surface area contributed by atoms with Crippen molar-refractivity contribution in [2.75, 3.05) is 0 Å². The number of allylic oxidation sites excluding steroid dienone is 8. The first-order valence-corrected chi connectivity index (χ1v) is 17.6. The van der Waals surface area contributed by atoms with Gasteiger partial charge in [-0.25, -0.2) is 0 Å². The quantitative estimate of drug-likeness (QED) is 0.0498. The maximum Gasteiger partial charge on any atom is 0.306 e. The highest BCUT2D eigenvalue weighted by molar-refractivity contribution is 5.69. The van der Waals surface area contributed by atoms with Crippen LogP contribution in [0, 0.1) is 0 Å². The van der Waals surface area contributed by atoms with E-state index >= 15 is 0 Å². The van der Waals surface area contributed by atoms with Crippen LogP contribution in [0.1, 0.15) is 174 Å². The number of ether oxygens (including phenoxy) is 1. The monoisotopic (exact) mass is 586 g/mol. The van der Waals surface area contributed by atoms with E-state index in [1.165, 1.54) is 57.8 Å². The molecule has 4 heteroatoms. The molecule has 0 aromatic carbocycles. The Labute approximate surface area is 260 Å². The van der Waals surface area contributed by atoms with Crippen molar-refractivity contribution in [2.24, 2.45) is 0 Å². The summed E-state index contributed by atoms with van der Waals surface area (Å²) in [6, 6.07) is 0. The Morgan fingerprint density at radius 3 is 1.52 bits per heavy atom. The van der Waals surface area contributed by atoms with Crippen molar-refractivity contribution in [3.8, 4) is 0 Å². The van der Waals surface area contributed by atoms with Crippen LogP contribution in [0.15, 0.2) is 48.6 Å². The summed E-state index contributed by atoms with van der Waals surface area (Å²) in [4.78, 5) is 23.2. The van der Waals surface area contributed by atoms with Gasteiger partial charge in [-0.05, 0) is 77.0 Å². The van der Waals surface area contributed by atoms with Crippen LogP contribution in [0.25, 0.3) is 0 Å². The molecule has 0 aromatic heterocycles. The summed E-state index contributed by atoms with van der Waals surface area (Å²) in [5, 5.41) is 8.73. The highest BCUT2D eigenvalue weighted by atomic mass is 16.5. The van der Waals surface area contributed by atoms with Crippen LogP contribution in [0.4, 0.5) is 0 Å². The van der Waals surface area contributed by atoms with Gasteiger partial charge in [-0.15, -0.1) is 0 Å². The van der Waals surface area contributed by atoms with Crippen molar-refractivity contribution in [1.29, 1.82) is 0 Å². The fourth-order valence-corrected chi connectivity index (χ4v) is 5.00. The number of carboxylic acids is 1. The van der Waals surface area contributed by atoms with E-state index in [9.17, 15) is 9.59 Å². The molecule has 0 radical (unpaired) electrons. The molecular formula is C38H66O4. The second kappa shape index (κ2) is 33.4. The van der Waals surface area contributed by atoms with Crippen LogP contribution in [0.5, 0.6) is 0 Å². The van der Waals surface area contributed by atoms with E-state index < -0.39 is 5.97 Å². The molecule has 1 unspecified atom stereocenters. The molecule has 0 amide bonds. The van der Waals surface area contributed by atoms with Gasteiger partial charge in [0.25, 0.3) is 0 Å². The van der Waals surface area contributed by atoms with E-state index in [-0.39, 0.29) is 18.5 Å². The van der Waals surface area contributed by atoms with Gasteiger partial charge >= 0.3 is 11.9 Å². The van der Waals surface area contributed by atoms with Crippen molar-refractivity contribution < 1.29 is 19.4 Å². The van der Waals surface area contributed by atoms with E-state index in [4.69, 9.17) is 9.84 Å². The number of carbonyl (C=O) groups excluding carboxylic acids is 1. The van der Waals surface area contributed by atoms with Gasteiger partial charge in [0.15, 0.2) is 0 Å². The Morgan fingerprint density at radius 2 is 1.00 bits per heavy atom. The molecular weight excluding hydrogens is 520 g/mol. The normalized spacial score (nSPS) is 12.8. The Kier molecular flexibility index (Phi) is 31.7. The van der Waals surface area contributed by atoms with Crippen molar-refractivity contribution in [3.63, 3.8) is 0 Å². The van der Waals surface area contributed by atoms with Crippen LogP contribution in [0.2, 0.25) is 0 Å². The highest BCUT2D eigenvalue weighted by Gasteiger charge is 2.14. The van der Waals surface area contributed by atoms with E-state index in [1.54, 1.807) is 0 Å². The zero-order chi connectivity index (χ0) is 30.8. The maximum absolute atomic E-state index is 12.6. The predicted octanol–water partition coefficient (Wildman–Crippen LogP) is 12.0. The van der Waals surface area contributed by atoms with Crippen LogP contribution >= 0.6 is 0 Å². The lowest BCUT2D eigenvalue weighted by molar-refractivity contribution is -0.150. The molecule has 0 saturated heterocycles. The van der Waals surface area contributed by atoms with Gasteiger partial charge in [0.2, 0.25) is 0 Å². The zero-order valence-corrected chi connectivity index (χ0v) is 27.5. The van der Waals surface area contributed by atoms with Gasteiger partial charge < -0.3 is 9.84 Å². The predicted molar refractivity (Wildman–Crippen MR) is 181 cm³/mol. The van der Waals surface area contributed by atoms with Gasteiger partial charge in [-0.1, -0.05) is 133 Å². The van der Waals surface area contributed by atoms with Gasteiger partial charge in [0.1, 0.15) is 6.10 Å². The minimum absolute atomic E-state index is 0.0217. The second-order valence-corrected chi connectivity index (χ2v) is 11.7. The molecule has 0 saturated carbocycles. The average Bonchev–Trinajstić information content (AvgIpc) is 2.97. The Balaban J connectivity index is 4.11. The molecule has 42 heavy (non-hydrogen) atoms. The molecule has 0 bridgehead atoms. The van der Waals surface area contributed by atoms with E-state index in [1.807, 2.05) is 0 Å². The third-order valence-electron chi connectivity index (χ3n) is 7.57. The Bertz CT molecular complexity index is 719. The Hall–Kier alpha value is -2.10. The highest BCUT2D eigenvalue weighted by Crippen LogP contribution is 2.18. The molecule has 0 spiro atoms. The first-order chi connectivity index (χ1) is 20.6.